The summed E-state index contributed by atoms with van der Waals surface area (Å²) in [7, 11) is 0. The van der Waals surface area contributed by atoms with E-state index in [0.717, 1.165) is 25.0 Å². The Kier molecular flexibility index (Phi) is 8.97. The summed E-state index contributed by atoms with van der Waals surface area (Å²) in [6.07, 6.45) is 1.48. The maximum Gasteiger partial charge on any atom is 0.309 e. The Morgan fingerprint density at radius 2 is 1.47 bits per heavy atom. The average Bonchev–Trinajstić information content (AvgIpc) is 2.78. The van der Waals surface area contributed by atoms with Gasteiger partial charge in [-0.05, 0) is 71.2 Å². The van der Waals surface area contributed by atoms with Crippen molar-refractivity contribution in [1.29, 1.82) is 0 Å². The number of carbonyl (C=O) groups is 2. The third-order valence-electron chi connectivity index (χ3n) is 5.63. The molecule has 0 bridgehead atoms. The maximum atomic E-state index is 13.1. The quantitative estimate of drug-likeness (QED) is 0.504. The molecule has 184 valence electrons. The summed E-state index contributed by atoms with van der Waals surface area (Å²) >= 11 is 0. The fourth-order valence-corrected chi connectivity index (χ4v) is 4.06. The number of ether oxygens (including phenoxy) is 4. The Balaban J connectivity index is 1.78. The second kappa shape index (κ2) is 11.9. The first-order valence-corrected chi connectivity index (χ1v) is 12.1. The Bertz CT molecular complexity index is 905. The molecule has 1 fully saturated rings. The summed E-state index contributed by atoms with van der Waals surface area (Å²) in [6.45, 7) is 7.27. The summed E-state index contributed by atoms with van der Waals surface area (Å²) < 4.78 is 24.0. The summed E-state index contributed by atoms with van der Waals surface area (Å²) in [5.74, 6) is 0.0927. The van der Waals surface area contributed by atoms with Crippen LogP contribution in [0.2, 0.25) is 0 Å². The Morgan fingerprint density at radius 1 is 0.912 bits per heavy atom. The van der Waals surface area contributed by atoms with Crippen molar-refractivity contribution in [3.8, 4) is 11.5 Å². The molecule has 1 heterocycles. The van der Waals surface area contributed by atoms with Gasteiger partial charge in [-0.2, -0.15) is 0 Å². The van der Waals surface area contributed by atoms with Gasteiger partial charge in [-0.3, -0.25) is 9.59 Å². The lowest BCUT2D eigenvalue weighted by atomic mass is 9.94. The molecule has 6 heteroatoms. The van der Waals surface area contributed by atoms with E-state index in [4.69, 9.17) is 18.9 Å². The zero-order valence-electron chi connectivity index (χ0n) is 20.6. The van der Waals surface area contributed by atoms with Crippen LogP contribution in [-0.4, -0.2) is 35.9 Å². The molecular weight excluding hydrogens is 432 g/mol. The first-order chi connectivity index (χ1) is 16.2. The fourth-order valence-electron chi connectivity index (χ4n) is 4.06. The van der Waals surface area contributed by atoms with Crippen LogP contribution in [0.5, 0.6) is 11.5 Å². The van der Waals surface area contributed by atoms with Crippen LogP contribution in [0.1, 0.15) is 59.8 Å². The molecule has 0 aliphatic carbocycles. The average molecular weight is 469 g/mol. The van der Waals surface area contributed by atoms with Crippen molar-refractivity contribution >= 4 is 11.9 Å². The van der Waals surface area contributed by atoms with Crippen LogP contribution in [0.15, 0.2) is 60.7 Å². The lowest BCUT2D eigenvalue weighted by Gasteiger charge is -2.34. The summed E-state index contributed by atoms with van der Waals surface area (Å²) in [4.78, 5) is 25.5. The molecule has 0 radical (unpaired) electrons. The lowest BCUT2D eigenvalue weighted by molar-refractivity contribution is -0.168. The van der Waals surface area contributed by atoms with Crippen molar-refractivity contribution in [2.45, 2.75) is 83.7 Å². The van der Waals surface area contributed by atoms with Gasteiger partial charge in [-0.25, -0.2) is 0 Å². The molecular formula is C28H36O6. The summed E-state index contributed by atoms with van der Waals surface area (Å²) in [6, 6.07) is 19.1. The molecule has 0 unspecified atom stereocenters. The predicted molar refractivity (Wildman–Crippen MR) is 130 cm³/mol. The lowest BCUT2D eigenvalue weighted by Crippen LogP contribution is -2.47. The van der Waals surface area contributed by atoms with E-state index in [2.05, 4.69) is 0 Å². The maximum absolute atomic E-state index is 13.1. The normalized spacial score (nSPS) is 23.9. The molecule has 4 atom stereocenters. The van der Waals surface area contributed by atoms with Crippen molar-refractivity contribution in [2.75, 3.05) is 0 Å². The summed E-state index contributed by atoms with van der Waals surface area (Å²) in [5.41, 5.74) is -0.596. The van der Waals surface area contributed by atoms with Crippen LogP contribution >= 0.6 is 0 Å². The van der Waals surface area contributed by atoms with E-state index >= 15 is 0 Å². The largest absolute Gasteiger partial charge is 0.486 e. The zero-order chi connectivity index (χ0) is 24.6. The highest BCUT2D eigenvalue weighted by Crippen LogP contribution is 2.28. The van der Waals surface area contributed by atoms with E-state index in [1.165, 1.54) is 0 Å². The predicted octanol–water partition coefficient (Wildman–Crippen LogP) is 5.74. The fraction of sp³-hybridized carbons (Fsp3) is 0.500. The first kappa shape index (κ1) is 25.6. The Hall–Kier alpha value is -3.02. The molecule has 2 aromatic rings. The van der Waals surface area contributed by atoms with Crippen LogP contribution in [0.25, 0.3) is 0 Å². The van der Waals surface area contributed by atoms with Gasteiger partial charge in [-0.1, -0.05) is 42.8 Å². The van der Waals surface area contributed by atoms with E-state index in [0.29, 0.717) is 12.2 Å². The van der Waals surface area contributed by atoms with Gasteiger partial charge in [0.25, 0.3) is 0 Å². The molecule has 1 aliphatic rings. The number of hydrogen-bond donors (Lipinski definition) is 0. The van der Waals surface area contributed by atoms with Crippen LogP contribution < -0.4 is 9.47 Å². The number of hydrogen-bond acceptors (Lipinski definition) is 6. The van der Waals surface area contributed by atoms with Gasteiger partial charge in [0, 0.05) is 0 Å². The molecule has 6 nitrogen and oxygen atoms in total. The molecule has 0 N–H and O–H groups in total. The number of benzene rings is 2. The highest BCUT2D eigenvalue weighted by molar-refractivity contribution is 5.80. The van der Waals surface area contributed by atoms with Crippen molar-refractivity contribution < 1.29 is 28.5 Å². The monoisotopic (exact) mass is 468 g/mol. The van der Waals surface area contributed by atoms with Crippen molar-refractivity contribution in [3.05, 3.63) is 60.7 Å². The first-order valence-electron chi connectivity index (χ1n) is 12.1. The summed E-state index contributed by atoms with van der Waals surface area (Å²) in [5, 5.41) is 0. The molecule has 0 amide bonds. The highest BCUT2D eigenvalue weighted by Gasteiger charge is 2.36. The smallest absolute Gasteiger partial charge is 0.309 e. The highest BCUT2D eigenvalue weighted by atomic mass is 16.6. The van der Waals surface area contributed by atoms with E-state index < -0.39 is 29.7 Å². The third-order valence-corrected chi connectivity index (χ3v) is 5.63. The van der Waals surface area contributed by atoms with Crippen LogP contribution in [-0.2, 0) is 19.1 Å². The minimum Gasteiger partial charge on any atom is -0.486 e. The molecule has 1 saturated heterocycles. The number of para-hydroxylation sites is 2. The standard InChI is InChI=1S/C28H36O6/c1-20-26(33-23-16-9-6-10-17-23)24(32-22-14-7-5-8-15-22)18-12-11-13-21(27(30)31-20)19-25(29)34-28(2,3)4/h5-10,14-17,20-21,24,26H,11-13,18-19H2,1-4H3/t20-,21+,24-,26-/m0/s1. The number of rotatable bonds is 6. The van der Waals surface area contributed by atoms with Gasteiger partial charge < -0.3 is 18.9 Å². The molecule has 2 aromatic carbocycles. The van der Waals surface area contributed by atoms with Gasteiger partial charge in [-0.15, -0.1) is 0 Å². The minimum atomic E-state index is -0.596. The minimum absolute atomic E-state index is 0.0109. The SMILES string of the molecule is C[C@@H]1OC(=O)[C@@H](CC(=O)OC(C)(C)C)CCCC[C@H](Oc2ccccc2)[C@H]1Oc1ccccc1. The van der Waals surface area contributed by atoms with Crippen LogP contribution in [0, 0.1) is 5.92 Å². The van der Waals surface area contributed by atoms with Gasteiger partial charge in [0.05, 0.1) is 12.3 Å². The van der Waals surface area contributed by atoms with Gasteiger partial charge in [0.2, 0.25) is 0 Å². The number of esters is 2. The molecule has 3 rings (SSSR count). The second-order valence-electron chi connectivity index (χ2n) is 9.78. The van der Waals surface area contributed by atoms with Crippen molar-refractivity contribution in [2.24, 2.45) is 5.92 Å². The Morgan fingerprint density at radius 3 is 2.06 bits per heavy atom. The van der Waals surface area contributed by atoms with E-state index in [9.17, 15) is 9.59 Å². The topological polar surface area (TPSA) is 71.1 Å². The second-order valence-corrected chi connectivity index (χ2v) is 9.78. The van der Waals surface area contributed by atoms with Gasteiger partial charge >= 0.3 is 11.9 Å². The molecule has 1 aliphatic heterocycles. The van der Waals surface area contributed by atoms with Gasteiger partial charge in [0.15, 0.2) is 6.10 Å². The Labute approximate surface area is 202 Å². The van der Waals surface area contributed by atoms with Crippen LogP contribution in [0.4, 0.5) is 0 Å². The van der Waals surface area contributed by atoms with Gasteiger partial charge in [0.1, 0.15) is 29.3 Å². The van der Waals surface area contributed by atoms with Crippen LogP contribution in [0.3, 0.4) is 0 Å². The van der Waals surface area contributed by atoms with E-state index in [1.54, 1.807) is 0 Å². The number of cyclic esters (lactones) is 1. The third kappa shape index (κ3) is 8.08. The number of carbonyl (C=O) groups excluding carboxylic acids is 2. The van der Waals surface area contributed by atoms with Crippen molar-refractivity contribution in [3.63, 3.8) is 0 Å². The molecule has 34 heavy (non-hydrogen) atoms. The van der Waals surface area contributed by atoms with E-state index in [1.807, 2.05) is 88.4 Å². The molecule has 0 saturated carbocycles. The van der Waals surface area contributed by atoms with E-state index in [-0.39, 0.29) is 18.5 Å². The molecule has 0 spiro atoms. The zero-order valence-corrected chi connectivity index (χ0v) is 20.6. The molecule has 0 aromatic heterocycles. The van der Waals surface area contributed by atoms with Crippen molar-refractivity contribution in [1.82, 2.24) is 0 Å².